The van der Waals surface area contributed by atoms with Gasteiger partial charge < -0.3 is 5.32 Å². The smallest absolute Gasteiger partial charge is 0.00691 e. The molecule has 1 fully saturated rings. The highest BCUT2D eigenvalue weighted by Crippen LogP contribution is 2.25. The average molecular weight is 169 g/mol. The van der Waals surface area contributed by atoms with Crippen molar-refractivity contribution in [2.24, 2.45) is 11.8 Å². The van der Waals surface area contributed by atoms with E-state index < -0.39 is 0 Å². The van der Waals surface area contributed by atoms with E-state index in [1.165, 1.54) is 32.1 Å². The maximum absolute atomic E-state index is 3.43. The Balaban J connectivity index is 2.39. The third-order valence-electron chi connectivity index (χ3n) is 3.18. The van der Waals surface area contributed by atoms with E-state index in [-0.39, 0.29) is 0 Å². The maximum Gasteiger partial charge on any atom is 0.00691 e. The number of rotatable bonds is 1. The van der Waals surface area contributed by atoms with Crippen LogP contribution in [-0.2, 0) is 0 Å². The van der Waals surface area contributed by atoms with Gasteiger partial charge in [-0.1, -0.05) is 33.1 Å². The van der Waals surface area contributed by atoms with Crippen LogP contribution in [0.2, 0.25) is 0 Å². The van der Waals surface area contributed by atoms with Gasteiger partial charge in [0.15, 0.2) is 0 Å². The van der Waals surface area contributed by atoms with Crippen LogP contribution < -0.4 is 5.32 Å². The summed E-state index contributed by atoms with van der Waals surface area (Å²) in [4.78, 5) is 0. The molecule has 0 saturated heterocycles. The molecule has 0 aromatic carbocycles. The van der Waals surface area contributed by atoms with E-state index in [4.69, 9.17) is 0 Å². The Morgan fingerprint density at radius 2 is 1.50 bits per heavy atom. The van der Waals surface area contributed by atoms with Gasteiger partial charge in [0.1, 0.15) is 0 Å². The molecule has 1 rings (SSSR count). The molecule has 1 aliphatic carbocycles. The summed E-state index contributed by atoms with van der Waals surface area (Å²) in [5.74, 6) is 1.85. The molecule has 0 radical (unpaired) electrons. The monoisotopic (exact) mass is 169 g/mol. The first-order valence-corrected chi connectivity index (χ1v) is 5.39. The first-order chi connectivity index (χ1) is 5.72. The second-order valence-electron chi connectivity index (χ2n) is 4.60. The van der Waals surface area contributed by atoms with Crippen molar-refractivity contribution in [3.8, 4) is 0 Å². The highest BCUT2D eigenvalue weighted by molar-refractivity contribution is 4.74. The van der Waals surface area contributed by atoms with Crippen molar-refractivity contribution in [1.29, 1.82) is 0 Å². The zero-order chi connectivity index (χ0) is 8.97. The third kappa shape index (κ3) is 3.14. The van der Waals surface area contributed by atoms with Gasteiger partial charge in [0.25, 0.3) is 0 Å². The van der Waals surface area contributed by atoms with Crippen LogP contribution in [0.1, 0.15) is 46.0 Å². The molecule has 1 nitrogen and oxygen atoms in total. The van der Waals surface area contributed by atoms with Gasteiger partial charge >= 0.3 is 0 Å². The fourth-order valence-corrected chi connectivity index (χ4v) is 2.35. The minimum atomic E-state index is 0.773. The van der Waals surface area contributed by atoms with Gasteiger partial charge in [-0.05, 0) is 31.7 Å². The molecule has 72 valence electrons. The van der Waals surface area contributed by atoms with Crippen molar-refractivity contribution in [2.75, 3.05) is 7.05 Å². The van der Waals surface area contributed by atoms with E-state index in [1.807, 2.05) is 0 Å². The summed E-state index contributed by atoms with van der Waals surface area (Å²) in [7, 11) is 2.10. The molecule has 0 heterocycles. The minimum Gasteiger partial charge on any atom is -0.317 e. The summed E-state index contributed by atoms with van der Waals surface area (Å²) in [5, 5.41) is 3.43. The Kier molecular flexibility index (Phi) is 4.07. The zero-order valence-corrected chi connectivity index (χ0v) is 8.77. The molecule has 2 unspecified atom stereocenters. The molecule has 0 aromatic heterocycles. The van der Waals surface area contributed by atoms with E-state index in [0.29, 0.717) is 0 Å². The highest BCUT2D eigenvalue weighted by Gasteiger charge is 2.17. The Morgan fingerprint density at radius 1 is 1.00 bits per heavy atom. The molecular formula is C11H23N. The summed E-state index contributed by atoms with van der Waals surface area (Å²) >= 11 is 0. The largest absolute Gasteiger partial charge is 0.317 e. The van der Waals surface area contributed by atoms with Gasteiger partial charge in [-0.15, -0.1) is 0 Å². The van der Waals surface area contributed by atoms with Gasteiger partial charge in [0.2, 0.25) is 0 Å². The van der Waals surface area contributed by atoms with Gasteiger partial charge in [-0.3, -0.25) is 0 Å². The van der Waals surface area contributed by atoms with Crippen LogP contribution in [0.5, 0.6) is 0 Å². The molecule has 0 aromatic rings. The molecule has 1 heteroatoms. The normalized spacial score (nSPS) is 38.8. The molecule has 0 spiro atoms. The second-order valence-corrected chi connectivity index (χ2v) is 4.60. The summed E-state index contributed by atoms with van der Waals surface area (Å²) in [6.07, 6.45) is 7.06. The summed E-state index contributed by atoms with van der Waals surface area (Å²) in [6, 6.07) is 0.773. The molecule has 1 saturated carbocycles. The number of nitrogens with one attached hydrogen (secondary N) is 1. The first kappa shape index (κ1) is 10.0. The van der Waals surface area contributed by atoms with Crippen LogP contribution in [0.15, 0.2) is 0 Å². The highest BCUT2D eigenvalue weighted by atomic mass is 14.9. The third-order valence-corrected chi connectivity index (χ3v) is 3.18. The van der Waals surface area contributed by atoms with Crippen molar-refractivity contribution in [3.63, 3.8) is 0 Å². The van der Waals surface area contributed by atoms with Gasteiger partial charge in [0.05, 0.1) is 0 Å². The minimum absolute atomic E-state index is 0.773. The molecule has 0 amide bonds. The van der Waals surface area contributed by atoms with E-state index in [2.05, 4.69) is 26.2 Å². The Morgan fingerprint density at radius 3 is 1.92 bits per heavy atom. The fraction of sp³-hybridized carbons (Fsp3) is 1.00. The molecule has 12 heavy (non-hydrogen) atoms. The molecule has 0 bridgehead atoms. The van der Waals surface area contributed by atoms with Crippen molar-refractivity contribution < 1.29 is 0 Å². The second kappa shape index (κ2) is 4.86. The van der Waals surface area contributed by atoms with E-state index in [9.17, 15) is 0 Å². The van der Waals surface area contributed by atoms with Crippen LogP contribution in [0.25, 0.3) is 0 Å². The summed E-state index contributed by atoms with van der Waals surface area (Å²) in [5.41, 5.74) is 0. The van der Waals surface area contributed by atoms with Crippen molar-refractivity contribution in [1.82, 2.24) is 5.32 Å². The lowest BCUT2D eigenvalue weighted by Gasteiger charge is -2.27. The van der Waals surface area contributed by atoms with Gasteiger partial charge in [-0.2, -0.15) is 0 Å². The van der Waals surface area contributed by atoms with Crippen LogP contribution in [0, 0.1) is 11.8 Å². The van der Waals surface area contributed by atoms with Crippen LogP contribution in [0.4, 0.5) is 0 Å². The van der Waals surface area contributed by atoms with Crippen molar-refractivity contribution >= 4 is 0 Å². The SMILES string of the molecule is CNC1CC(C)CCC[C@@H](C)C1. The van der Waals surface area contributed by atoms with Crippen LogP contribution >= 0.6 is 0 Å². The topological polar surface area (TPSA) is 12.0 Å². The Hall–Kier alpha value is -0.0400. The lowest BCUT2D eigenvalue weighted by molar-refractivity contribution is 0.292. The van der Waals surface area contributed by atoms with E-state index in [0.717, 1.165) is 17.9 Å². The standard InChI is InChI=1S/C11H23N/c1-9-5-4-6-10(2)8-11(7-9)12-3/h9-12H,4-8H2,1-3H3/t9-,10?,11?/m1/s1. The fourth-order valence-electron chi connectivity index (χ4n) is 2.35. The predicted octanol–water partition coefficient (Wildman–Crippen LogP) is 2.81. The Labute approximate surface area is 76.9 Å². The predicted molar refractivity (Wildman–Crippen MR) is 54.3 cm³/mol. The lowest BCUT2D eigenvalue weighted by Crippen LogP contribution is -2.30. The van der Waals surface area contributed by atoms with Crippen LogP contribution in [0.3, 0.4) is 0 Å². The maximum atomic E-state index is 3.43. The average Bonchev–Trinajstić information content (AvgIpc) is 2.00. The molecule has 3 atom stereocenters. The lowest BCUT2D eigenvalue weighted by atomic mass is 9.85. The molecular weight excluding hydrogens is 146 g/mol. The zero-order valence-electron chi connectivity index (χ0n) is 8.77. The summed E-state index contributed by atoms with van der Waals surface area (Å²) in [6.45, 7) is 4.78. The first-order valence-electron chi connectivity index (χ1n) is 5.39. The molecule has 1 aliphatic rings. The summed E-state index contributed by atoms with van der Waals surface area (Å²) < 4.78 is 0. The Bertz CT molecular complexity index is 110. The van der Waals surface area contributed by atoms with Gasteiger partial charge in [0, 0.05) is 6.04 Å². The van der Waals surface area contributed by atoms with Crippen molar-refractivity contribution in [2.45, 2.75) is 52.0 Å². The number of hydrogen-bond acceptors (Lipinski definition) is 1. The van der Waals surface area contributed by atoms with E-state index in [1.54, 1.807) is 0 Å². The van der Waals surface area contributed by atoms with Crippen molar-refractivity contribution in [3.05, 3.63) is 0 Å². The molecule has 0 aliphatic heterocycles. The molecule has 1 N–H and O–H groups in total. The van der Waals surface area contributed by atoms with E-state index >= 15 is 0 Å². The van der Waals surface area contributed by atoms with Crippen LogP contribution in [-0.4, -0.2) is 13.1 Å². The van der Waals surface area contributed by atoms with Gasteiger partial charge in [-0.25, -0.2) is 0 Å². The quantitative estimate of drug-likeness (QED) is 0.636. The number of hydrogen-bond donors (Lipinski definition) is 1.